The van der Waals surface area contributed by atoms with Crippen LogP contribution in [-0.4, -0.2) is 28.5 Å². The van der Waals surface area contributed by atoms with E-state index in [-0.39, 0.29) is 6.79 Å². The molecule has 21 heavy (non-hydrogen) atoms. The van der Waals surface area contributed by atoms with Gasteiger partial charge in [0.1, 0.15) is 5.75 Å². The number of ether oxygens (including phenoxy) is 3. The molecule has 4 rings (SSSR count). The summed E-state index contributed by atoms with van der Waals surface area (Å²) in [7, 11) is 1.62. The highest BCUT2D eigenvalue weighted by molar-refractivity contribution is 5.72. The summed E-state index contributed by atoms with van der Waals surface area (Å²) in [5.74, 6) is 2.77. The number of aryl methyl sites for hydroxylation is 1. The first-order valence-corrected chi connectivity index (χ1v) is 6.56. The fraction of sp³-hybridized carbons (Fsp3) is 0.200. The smallest absolute Gasteiger partial charge is 0.231 e. The lowest BCUT2D eigenvalue weighted by molar-refractivity contribution is 0.174. The van der Waals surface area contributed by atoms with Gasteiger partial charge < -0.3 is 14.2 Å². The Bertz CT molecular complexity index is 842. The summed E-state index contributed by atoms with van der Waals surface area (Å²) in [6.07, 6.45) is 0. The number of hydrogen-bond donors (Lipinski definition) is 0. The summed E-state index contributed by atoms with van der Waals surface area (Å²) in [6.45, 7) is 2.24. The Hall–Kier alpha value is -2.76. The Labute approximate surface area is 120 Å². The van der Waals surface area contributed by atoms with Gasteiger partial charge in [0.25, 0.3) is 0 Å². The Morgan fingerprint density at radius 1 is 1.14 bits per heavy atom. The van der Waals surface area contributed by atoms with Crippen LogP contribution >= 0.6 is 0 Å². The van der Waals surface area contributed by atoms with Crippen LogP contribution in [0.2, 0.25) is 0 Å². The summed E-state index contributed by atoms with van der Waals surface area (Å²) < 4.78 is 18.3. The molecule has 0 aliphatic carbocycles. The first-order chi connectivity index (χ1) is 10.3. The van der Waals surface area contributed by atoms with Crippen LogP contribution in [0.15, 0.2) is 30.3 Å². The maximum absolute atomic E-state index is 5.47. The zero-order chi connectivity index (χ0) is 14.4. The van der Waals surface area contributed by atoms with Crippen molar-refractivity contribution in [2.24, 2.45) is 0 Å². The van der Waals surface area contributed by atoms with Gasteiger partial charge >= 0.3 is 0 Å². The van der Waals surface area contributed by atoms with E-state index in [1.54, 1.807) is 7.11 Å². The van der Waals surface area contributed by atoms with Crippen molar-refractivity contribution in [3.8, 4) is 28.6 Å². The van der Waals surface area contributed by atoms with Crippen LogP contribution in [0.1, 0.15) is 5.69 Å². The molecule has 6 nitrogen and oxygen atoms in total. The van der Waals surface area contributed by atoms with Gasteiger partial charge in [0, 0.05) is 11.8 Å². The molecule has 3 heterocycles. The van der Waals surface area contributed by atoms with E-state index in [2.05, 4.69) is 10.2 Å². The van der Waals surface area contributed by atoms with Crippen molar-refractivity contribution >= 4 is 5.65 Å². The first kappa shape index (κ1) is 12.0. The molecule has 1 aliphatic rings. The number of methoxy groups -OCH3 is 1. The molecule has 0 spiro atoms. The maximum Gasteiger partial charge on any atom is 0.231 e. The van der Waals surface area contributed by atoms with Crippen molar-refractivity contribution in [2.45, 2.75) is 6.92 Å². The quantitative estimate of drug-likeness (QED) is 0.723. The van der Waals surface area contributed by atoms with Crippen LogP contribution in [0.3, 0.4) is 0 Å². The minimum absolute atomic E-state index is 0.224. The molecule has 0 fully saturated rings. The largest absolute Gasteiger partial charge is 0.496 e. The minimum Gasteiger partial charge on any atom is -0.496 e. The number of benzene rings is 1. The van der Waals surface area contributed by atoms with Gasteiger partial charge in [0.15, 0.2) is 23.0 Å². The molecule has 0 saturated carbocycles. The highest BCUT2D eigenvalue weighted by Crippen LogP contribution is 2.42. The SMILES string of the molecule is COc1cc2c(cc1-c1nnc3cccc(C)n13)OCO2. The average Bonchev–Trinajstić information content (AvgIpc) is 3.12. The molecule has 6 heteroatoms. The lowest BCUT2D eigenvalue weighted by atomic mass is 10.1. The zero-order valence-electron chi connectivity index (χ0n) is 11.7. The monoisotopic (exact) mass is 283 g/mol. The normalized spacial score (nSPS) is 12.9. The second-order valence-electron chi connectivity index (χ2n) is 4.79. The summed E-state index contributed by atoms with van der Waals surface area (Å²) >= 11 is 0. The first-order valence-electron chi connectivity index (χ1n) is 6.56. The molecule has 0 N–H and O–H groups in total. The third kappa shape index (κ3) is 1.72. The number of hydrogen-bond acceptors (Lipinski definition) is 5. The van der Waals surface area contributed by atoms with Crippen LogP contribution in [0.25, 0.3) is 17.0 Å². The lowest BCUT2D eigenvalue weighted by Crippen LogP contribution is -1.96. The Morgan fingerprint density at radius 3 is 2.76 bits per heavy atom. The Morgan fingerprint density at radius 2 is 1.95 bits per heavy atom. The Balaban J connectivity index is 2.00. The third-order valence-corrected chi connectivity index (χ3v) is 3.56. The van der Waals surface area contributed by atoms with Gasteiger partial charge in [-0.1, -0.05) is 6.07 Å². The molecule has 0 saturated heterocycles. The Kier molecular flexibility index (Phi) is 2.50. The molecule has 2 aromatic heterocycles. The van der Waals surface area contributed by atoms with Crippen molar-refractivity contribution < 1.29 is 14.2 Å². The number of nitrogens with zero attached hydrogens (tertiary/aromatic N) is 3. The van der Waals surface area contributed by atoms with E-state index >= 15 is 0 Å². The topological polar surface area (TPSA) is 57.9 Å². The van der Waals surface area contributed by atoms with E-state index in [0.717, 1.165) is 22.7 Å². The lowest BCUT2D eigenvalue weighted by Gasteiger charge is -2.09. The molecule has 1 aromatic carbocycles. The summed E-state index contributed by atoms with van der Waals surface area (Å²) in [5, 5.41) is 8.51. The van der Waals surface area contributed by atoms with E-state index in [4.69, 9.17) is 14.2 Å². The van der Waals surface area contributed by atoms with Crippen molar-refractivity contribution in [3.63, 3.8) is 0 Å². The molecule has 3 aromatic rings. The molecule has 0 atom stereocenters. The van der Waals surface area contributed by atoms with Gasteiger partial charge in [-0.3, -0.25) is 4.40 Å². The second kappa shape index (κ2) is 4.37. The van der Waals surface area contributed by atoms with Crippen molar-refractivity contribution in [1.29, 1.82) is 0 Å². The molecular weight excluding hydrogens is 270 g/mol. The van der Waals surface area contributed by atoms with Gasteiger partial charge in [-0.05, 0) is 25.1 Å². The summed E-state index contributed by atoms with van der Waals surface area (Å²) in [5.41, 5.74) is 2.67. The summed E-state index contributed by atoms with van der Waals surface area (Å²) in [6, 6.07) is 9.59. The van der Waals surface area contributed by atoms with Gasteiger partial charge in [0.2, 0.25) is 6.79 Å². The minimum atomic E-state index is 0.224. The van der Waals surface area contributed by atoms with E-state index < -0.39 is 0 Å². The van der Waals surface area contributed by atoms with Gasteiger partial charge in [-0.2, -0.15) is 0 Å². The van der Waals surface area contributed by atoms with Gasteiger partial charge in [-0.25, -0.2) is 0 Å². The molecule has 0 amide bonds. The van der Waals surface area contributed by atoms with Crippen LogP contribution in [0, 0.1) is 6.92 Å². The number of fused-ring (bicyclic) bond motifs is 2. The fourth-order valence-corrected chi connectivity index (χ4v) is 2.54. The maximum atomic E-state index is 5.47. The van der Waals surface area contributed by atoms with E-state index in [1.165, 1.54) is 0 Å². The second-order valence-corrected chi connectivity index (χ2v) is 4.79. The van der Waals surface area contributed by atoms with Crippen LogP contribution in [0.5, 0.6) is 17.2 Å². The number of pyridine rings is 1. The molecule has 0 bridgehead atoms. The van der Waals surface area contributed by atoms with E-state index in [0.29, 0.717) is 17.2 Å². The van der Waals surface area contributed by atoms with Crippen molar-refractivity contribution in [3.05, 3.63) is 36.0 Å². The number of rotatable bonds is 2. The van der Waals surface area contributed by atoms with Crippen molar-refractivity contribution in [2.75, 3.05) is 13.9 Å². The molecule has 1 aliphatic heterocycles. The average molecular weight is 283 g/mol. The van der Waals surface area contributed by atoms with Gasteiger partial charge in [-0.15, -0.1) is 10.2 Å². The molecular formula is C15H13N3O3. The molecule has 0 radical (unpaired) electrons. The predicted molar refractivity (Wildman–Crippen MR) is 75.8 cm³/mol. The van der Waals surface area contributed by atoms with Crippen LogP contribution < -0.4 is 14.2 Å². The van der Waals surface area contributed by atoms with Crippen LogP contribution in [-0.2, 0) is 0 Å². The highest BCUT2D eigenvalue weighted by atomic mass is 16.7. The molecule has 0 unspecified atom stereocenters. The highest BCUT2D eigenvalue weighted by Gasteiger charge is 2.21. The third-order valence-electron chi connectivity index (χ3n) is 3.56. The van der Waals surface area contributed by atoms with Crippen molar-refractivity contribution in [1.82, 2.24) is 14.6 Å². The van der Waals surface area contributed by atoms with E-state index in [9.17, 15) is 0 Å². The fourth-order valence-electron chi connectivity index (χ4n) is 2.54. The summed E-state index contributed by atoms with van der Waals surface area (Å²) in [4.78, 5) is 0. The zero-order valence-corrected chi connectivity index (χ0v) is 11.7. The predicted octanol–water partition coefficient (Wildman–Crippen LogP) is 2.44. The molecule has 106 valence electrons. The van der Waals surface area contributed by atoms with Gasteiger partial charge in [0.05, 0.1) is 12.7 Å². The van der Waals surface area contributed by atoms with E-state index in [1.807, 2.05) is 41.7 Å². The number of aromatic nitrogens is 3. The van der Waals surface area contributed by atoms with Crippen LogP contribution in [0.4, 0.5) is 0 Å². The standard InChI is InChI=1S/C15H13N3O3/c1-9-4-3-5-14-16-17-15(18(9)14)10-6-12-13(21-8-20-12)7-11(10)19-2/h3-7H,8H2,1-2H3.